The molecule has 4 heteroatoms. The summed E-state index contributed by atoms with van der Waals surface area (Å²) in [7, 11) is 0. The van der Waals surface area contributed by atoms with Crippen molar-refractivity contribution in [2.45, 2.75) is 18.6 Å². The van der Waals surface area contributed by atoms with Gasteiger partial charge in [0.05, 0.1) is 6.07 Å². The maximum atomic E-state index is 10.1. The summed E-state index contributed by atoms with van der Waals surface area (Å²) in [5.41, 5.74) is 0. The lowest BCUT2D eigenvalue weighted by molar-refractivity contribution is 0.541. The van der Waals surface area contributed by atoms with Crippen molar-refractivity contribution in [2.24, 2.45) is 0 Å². The number of nitrogens with zero attached hydrogens (tertiary/aromatic N) is 1. The second-order valence-corrected chi connectivity index (χ2v) is 3.39. The number of nitriles is 1. The van der Waals surface area contributed by atoms with Crippen LogP contribution < -0.4 is 0 Å². The Kier molecular flexibility index (Phi) is 2.13. The molecule has 1 unspecified atom stereocenters. The first-order valence-corrected chi connectivity index (χ1v) is 3.13. The molecule has 0 aliphatic heterocycles. The zero-order valence-electron chi connectivity index (χ0n) is 4.71. The van der Waals surface area contributed by atoms with Gasteiger partial charge in [-0.2, -0.15) is 5.26 Å². The Balaban J connectivity index is 4.19. The molecule has 0 spiro atoms. The van der Waals surface area contributed by atoms with Crippen molar-refractivity contribution in [2.75, 3.05) is 0 Å². The number of rotatable bonds is 1. The summed E-state index contributed by atoms with van der Waals surface area (Å²) < 4.78 is 17.3. The van der Waals surface area contributed by atoms with Gasteiger partial charge in [0, 0.05) is 0 Å². The first-order valence-electron chi connectivity index (χ1n) is 2.03. The minimum atomic E-state index is -2.04. The highest BCUT2D eigenvalue weighted by Gasteiger charge is 2.23. The first kappa shape index (κ1) is 7.60. The van der Waals surface area contributed by atoms with Crippen LogP contribution in [-0.4, -0.2) is 13.5 Å². The molecule has 1 N–H and O–H groups in total. The fourth-order valence-corrected chi connectivity index (χ4v) is 0.117. The summed E-state index contributed by atoms with van der Waals surface area (Å²) in [6, 6.07) is 1.69. The highest BCUT2D eigenvalue weighted by molar-refractivity contribution is 7.81. The van der Waals surface area contributed by atoms with E-state index in [4.69, 9.17) is 9.81 Å². The van der Waals surface area contributed by atoms with E-state index in [2.05, 4.69) is 0 Å². The normalized spacial score (nSPS) is 14.8. The van der Waals surface area contributed by atoms with Crippen LogP contribution in [0.4, 0.5) is 0 Å². The molecule has 0 aromatic rings. The van der Waals surface area contributed by atoms with Crippen molar-refractivity contribution in [3.63, 3.8) is 0 Å². The van der Waals surface area contributed by atoms with Crippen LogP contribution in [0.5, 0.6) is 0 Å². The highest BCUT2D eigenvalue weighted by atomic mass is 32.2. The highest BCUT2D eigenvalue weighted by Crippen LogP contribution is 2.07. The molecule has 0 bridgehead atoms. The zero-order chi connectivity index (χ0) is 6.78. The third kappa shape index (κ3) is 1.60. The van der Waals surface area contributed by atoms with Gasteiger partial charge in [0.1, 0.15) is 0 Å². The molecule has 0 fully saturated rings. The largest absolute Gasteiger partial charge is 0.305 e. The monoisotopic (exact) mass is 133 g/mol. The topological polar surface area (TPSA) is 61.1 Å². The van der Waals surface area contributed by atoms with E-state index < -0.39 is 15.8 Å². The molecule has 0 radical (unpaired) electrons. The summed E-state index contributed by atoms with van der Waals surface area (Å²) in [6.45, 7) is 2.81. The smallest absolute Gasteiger partial charge is 0.173 e. The summed E-state index contributed by atoms with van der Waals surface area (Å²) in [6.07, 6.45) is 0. The summed E-state index contributed by atoms with van der Waals surface area (Å²) in [4.78, 5) is 0. The SMILES string of the molecule is CC(C)(C#N)S(=O)O. The lowest BCUT2D eigenvalue weighted by Crippen LogP contribution is -2.22. The van der Waals surface area contributed by atoms with Gasteiger partial charge in [0.15, 0.2) is 15.8 Å². The Labute approximate surface area is 50.6 Å². The molecule has 46 valence electrons. The summed E-state index contributed by atoms with van der Waals surface area (Å²) in [5, 5.41) is 8.16. The van der Waals surface area contributed by atoms with Crippen molar-refractivity contribution in [1.29, 1.82) is 5.26 Å². The van der Waals surface area contributed by atoms with Gasteiger partial charge in [-0.3, -0.25) is 0 Å². The van der Waals surface area contributed by atoms with Crippen molar-refractivity contribution < 1.29 is 8.76 Å². The molecule has 3 nitrogen and oxygen atoms in total. The quantitative estimate of drug-likeness (QED) is 0.530. The van der Waals surface area contributed by atoms with Gasteiger partial charge in [-0.15, -0.1) is 0 Å². The average molecular weight is 133 g/mol. The van der Waals surface area contributed by atoms with Gasteiger partial charge < -0.3 is 4.55 Å². The van der Waals surface area contributed by atoms with Crippen LogP contribution in [-0.2, 0) is 11.1 Å². The Bertz CT molecular complexity index is 147. The maximum Gasteiger partial charge on any atom is 0.173 e. The van der Waals surface area contributed by atoms with Gasteiger partial charge in [-0.05, 0) is 13.8 Å². The number of hydrogen-bond donors (Lipinski definition) is 1. The summed E-state index contributed by atoms with van der Waals surface area (Å²) >= 11 is -2.04. The van der Waals surface area contributed by atoms with E-state index in [-0.39, 0.29) is 0 Å². The third-order valence-corrected chi connectivity index (χ3v) is 1.67. The van der Waals surface area contributed by atoms with Crippen molar-refractivity contribution in [3.05, 3.63) is 0 Å². The zero-order valence-corrected chi connectivity index (χ0v) is 5.53. The minimum Gasteiger partial charge on any atom is -0.305 e. The fourth-order valence-electron chi connectivity index (χ4n) is 0.0390. The van der Waals surface area contributed by atoms with Gasteiger partial charge in [-0.1, -0.05) is 0 Å². The Hall–Kier alpha value is -0.400. The molecule has 1 atom stereocenters. The molecule has 0 saturated carbocycles. The molecule has 0 aromatic heterocycles. The molecule has 0 rings (SSSR count). The van der Waals surface area contributed by atoms with Crippen LogP contribution in [0, 0.1) is 11.3 Å². The van der Waals surface area contributed by atoms with Crippen LogP contribution in [0.3, 0.4) is 0 Å². The van der Waals surface area contributed by atoms with E-state index >= 15 is 0 Å². The Morgan fingerprint density at radius 2 is 2.12 bits per heavy atom. The summed E-state index contributed by atoms with van der Waals surface area (Å²) in [5.74, 6) is 0. The van der Waals surface area contributed by atoms with E-state index in [9.17, 15) is 4.21 Å². The molecular weight excluding hydrogens is 126 g/mol. The second-order valence-electron chi connectivity index (χ2n) is 1.87. The molecule has 0 amide bonds. The van der Waals surface area contributed by atoms with Gasteiger partial charge in [0.2, 0.25) is 0 Å². The van der Waals surface area contributed by atoms with Crippen molar-refractivity contribution in [1.82, 2.24) is 0 Å². The third-order valence-electron chi connectivity index (χ3n) is 0.706. The molecule has 0 aromatic carbocycles. The predicted octanol–water partition coefficient (Wildman–Crippen LogP) is 0.510. The molecule has 0 saturated heterocycles. The van der Waals surface area contributed by atoms with Crippen molar-refractivity contribution >= 4 is 11.1 Å². The maximum absolute atomic E-state index is 10.1. The molecule has 0 aliphatic rings. The Morgan fingerprint density at radius 3 is 2.12 bits per heavy atom. The molecule has 0 heterocycles. The van der Waals surface area contributed by atoms with Crippen LogP contribution in [0.25, 0.3) is 0 Å². The van der Waals surface area contributed by atoms with Crippen LogP contribution in [0.2, 0.25) is 0 Å². The minimum absolute atomic E-state index is 1.12. The molecule has 0 aliphatic carbocycles. The second kappa shape index (κ2) is 2.25. The molecular formula is C4H7NO2S. The standard InChI is InChI=1S/C4H7NO2S/c1-4(2,3-5)8(6)7/h1-2H3,(H,6,7). The average Bonchev–Trinajstić information content (AvgIpc) is 1.67. The van der Waals surface area contributed by atoms with Crippen LogP contribution in [0.1, 0.15) is 13.8 Å². The van der Waals surface area contributed by atoms with Crippen molar-refractivity contribution in [3.8, 4) is 6.07 Å². The van der Waals surface area contributed by atoms with E-state index in [1.807, 2.05) is 0 Å². The van der Waals surface area contributed by atoms with E-state index in [1.54, 1.807) is 6.07 Å². The Morgan fingerprint density at radius 1 is 1.75 bits per heavy atom. The van der Waals surface area contributed by atoms with E-state index in [0.29, 0.717) is 0 Å². The fraction of sp³-hybridized carbons (Fsp3) is 0.750. The van der Waals surface area contributed by atoms with Gasteiger partial charge >= 0.3 is 0 Å². The van der Waals surface area contributed by atoms with E-state index in [0.717, 1.165) is 0 Å². The predicted molar refractivity (Wildman–Crippen MR) is 30.5 cm³/mol. The van der Waals surface area contributed by atoms with Gasteiger partial charge in [0.25, 0.3) is 0 Å². The lowest BCUT2D eigenvalue weighted by Gasteiger charge is -2.06. The van der Waals surface area contributed by atoms with Crippen LogP contribution in [0.15, 0.2) is 0 Å². The number of hydrogen-bond acceptors (Lipinski definition) is 2. The lowest BCUT2D eigenvalue weighted by atomic mass is 10.2. The first-order chi connectivity index (χ1) is 3.50. The van der Waals surface area contributed by atoms with Crippen LogP contribution >= 0.6 is 0 Å². The van der Waals surface area contributed by atoms with E-state index in [1.165, 1.54) is 13.8 Å². The molecule has 8 heavy (non-hydrogen) atoms. The van der Waals surface area contributed by atoms with Gasteiger partial charge in [-0.25, -0.2) is 4.21 Å².